The van der Waals surface area contributed by atoms with E-state index in [1.54, 1.807) is 4.90 Å². The fourth-order valence-corrected chi connectivity index (χ4v) is 12.2. The number of amides is 1. The third kappa shape index (κ3) is 7.03. The molecule has 1 saturated heterocycles. The molecule has 208 valence electrons. The van der Waals surface area contributed by atoms with Gasteiger partial charge in [-0.1, -0.05) is 84.4 Å². The predicted octanol–water partition coefficient (Wildman–Crippen LogP) is 7.44. The Bertz CT molecular complexity index is 951. The number of carbonyl (C=O) groups is 2. The van der Waals surface area contributed by atoms with Crippen LogP contribution in [0.5, 0.6) is 0 Å². The number of likely N-dealkylation sites (tertiary alicyclic amines) is 1. The van der Waals surface area contributed by atoms with E-state index in [2.05, 4.69) is 41.5 Å². The van der Waals surface area contributed by atoms with Crippen molar-refractivity contribution in [3.05, 3.63) is 34.9 Å². The molecule has 2 rings (SSSR count). The van der Waals surface area contributed by atoms with Gasteiger partial charge in [-0.2, -0.15) is 0 Å². The number of halogens is 1. The average Bonchev–Trinajstić information content (AvgIpc) is 2.76. The molecule has 1 aromatic carbocycles. The minimum Gasteiger partial charge on any atom is -0.459 e. The normalized spacial score (nSPS) is 20.3. The molecular weight excluding hydrogens is 522 g/mol. The second-order valence-electron chi connectivity index (χ2n) is 12.4. The Morgan fingerprint density at radius 1 is 1.00 bits per heavy atom. The molecule has 1 fully saturated rings. The van der Waals surface area contributed by atoms with Gasteiger partial charge in [0, 0.05) is 15.8 Å². The van der Waals surface area contributed by atoms with Crippen molar-refractivity contribution in [3.8, 4) is 0 Å². The zero-order chi connectivity index (χ0) is 28.5. The average molecular weight is 568 g/mol. The second kappa shape index (κ2) is 12.3. The first kappa shape index (κ1) is 31.9. The van der Waals surface area contributed by atoms with Gasteiger partial charge in [0.2, 0.25) is 14.2 Å². The number of thiocarbonyl (C=S) groups is 1. The zero-order valence-corrected chi connectivity index (χ0v) is 27.0. The third-order valence-corrected chi connectivity index (χ3v) is 14.7. The van der Waals surface area contributed by atoms with Crippen molar-refractivity contribution < 1.29 is 18.8 Å². The third-order valence-electron chi connectivity index (χ3n) is 7.67. The van der Waals surface area contributed by atoms with Gasteiger partial charge in [-0.25, -0.2) is 0 Å². The lowest BCUT2D eigenvalue weighted by Gasteiger charge is -2.54. The monoisotopic (exact) mass is 567 g/mol. The molecule has 1 aliphatic heterocycles. The highest BCUT2D eigenvalue weighted by molar-refractivity contribution is 7.80. The Morgan fingerprint density at radius 2 is 1.49 bits per heavy atom. The molecule has 1 aliphatic rings. The molecule has 0 bridgehead atoms. The van der Waals surface area contributed by atoms with Gasteiger partial charge in [-0.05, 0) is 62.0 Å². The van der Waals surface area contributed by atoms with Gasteiger partial charge in [-0.15, -0.1) is 0 Å². The molecule has 0 aromatic heterocycles. The summed E-state index contributed by atoms with van der Waals surface area (Å²) in [6.45, 7) is 22.9. The molecule has 0 N–H and O–H groups in total. The second-order valence-corrected chi connectivity index (χ2v) is 18.7. The minimum absolute atomic E-state index is 0.0757. The molecule has 1 heterocycles. The Labute approximate surface area is 235 Å². The van der Waals surface area contributed by atoms with Crippen LogP contribution >= 0.6 is 23.8 Å². The summed E-state index contributed by atoms with van der Waals surface area (Å²) in [6.07, 6.45) is -0.290. The van der Waals surface area contributed by atoms with Crippen molar-refractivity contribution >= 4 is 48.9 Å². The van der Waals surface area contributed by atoms with Crippen LogP contribution in [0, 0.1) is 11.8 Å². The standard InChI is InChI=1S/C29H46ClNO4SSi/c1-17(2)37(18(3)4,19(5)6)35-21(8)25-26(20(7)27(36)22-12-14-23(30)15-13-22)31(28(25)33)16-24(32)34-29(9,10)11/h12-15,17-21,25-26H,16H2,1-11H3/t20-,21-,25-,26-/m1/s1. The van der Waals surface area contributed by atoms with Crippen molar-refractivity contribution in [3.63, 3.8) is 0 Å². The first-order chi connectivity index (χ1) is 16.9. The molecule has 0 spiro atoms. The van der Waals surface area contributed by atoms with E-state index in [9.17, 15) is 9.59 Å². The van der Waals surface area contributed by atoms with E-state index in [1.165, 1.54) is 0 Å². The first-order valence-electron chi connectivity index (χ1n) is 13.4. The summed E-state index contributed by atoms with van der Waals surface area (Å²) in [4.78, 5) is 28.7. The Balaban J connectivity index is 2.41. The van der Waals surface area contributed by atoms with Gasteiger partial charge in [0.05, 0.1) is 18.1 Å². The lowest BCUT2D eigenvalue weighted by atomic mass is 9.74. The quantitative estimate of drug-likeness (QED) is 0.0914. The van der Waals surface area contributed by atoms with Crippen LogP contribution in [0.25, 0.3) is 0 Å². The van der Waals surface area contributed by atoms with Crippen LogP contribution in [0.4, 0.5) is 0 Å². The van der Waals surface area contributed by atoms with E-state index >= 15 is 0 Å². The number of carbonyl (C=O) groups excluding carboxylic acids is 2. The van der Waals surface area contributed by atoms with Gasteiger partial charge >= 0.3 is 5.97 Å². The van der Waals surface area contributed by atoms with Crippen molar-refractivity contribution in [1.82, 2.24) is 4.90 Å². The largest absolute Gasteiger partial charge is 0.459 e. The number of hydrogen-bond donors (Lipinski definition) is 0. The molecule has 0 aliphatic carbocycles. The Kier molecular flexibility index (Phi) is 10.6. The highest BCUT2D eigenvalue weighted by atomic mass is 35.5. The number of nitrogens with zero attached hydrogens (tertiary/aromatic N) is 1. The molecule has 0 unspecified atom stereocenters. The van der Waals surface area contributed by atoms with Crippen LogP contribution in [0.1, 0.15) is 81.7 Å². The van der Waals surface area contributed by atoms with Gasteiger partial charge in [0.25, 0.3) is 0 Å². The number of β-lactam (4-membered cyclic amide) rings is 1. The van der Waals surface area contributed by atoms with Gasteiger partial charge in [0.15, 0.2) is 0 Å². The smallest absolute Gasteiger partial charge is 0.326 e. The molecule has 1 aromatic rings. The fourth-order valence-electron chi connectivity index (χ4n) is 6.19. The molecule has 5 nitrogen and oxygen atoms in total. The van der Waals surface area contributed by atoms with E-state index in [4.69, 9.17) is 33.0 Å². The molecule has 0 saturated carbocycles. The molecule has 1 amide bonds. The fraction of sp³-hybridized carbons (Fsp3) is 0.690. The maximum Gasteiger partial charge on any atom is 0.326 e. The van der Waals surface area contributed by atoms with Crippen LogP contribution in [0.15, 0.2) is 24.3 Å². The maximum absolute atomic E-state index is 13.6. The summed E-state index contributed by atoms with van der Waals surface area (Å²) in [6, 6.07) is 7.18. The Hall–Kier alpha value is -1.28. The Morgan fingerprint density at radius 3 is 1.92 bits per heavy atom. The summed E-state index contributed by atoms with van der Waals surface area (Å²) in [7, 11) is -2.22. The number of ether oxygens (including phenoxy) is 1. The van der Waals surface area contributed by atoms with E-state index in [0.717, 1.165) is 10.4 Å². The van der Waals surface area contributed by atoms with E-state index < -0.39 is 19.9 Å². The highest BCUT2D eigenvalue weighted by Crippen LogP contribution is 2.46. The maximum atomic E-state index is 13.6. The summed E-state index contributed by atoms with van der Waals surface area (Å²) < 4.78 is 12.6. The highest BCUT2D eigenvalue weighted by Gasteiger charge is 2.56. The van der Waals surface area contributed by atoms with Gasteiger partial charge in [-0.3, -0.25) is 9.59 Å². The number of rotatable bonds is 11. The van der Waals surface area contributed by atoms with Crippen molar-refractivity contribution in [1.29, 1.82) is 0 Å². The summed E-state index contributed by atoms with van der Waals surface area (Å²) in [5, 5.41) is 0.641. The summed E-state index contributed by atoms with van der Waals surface area (Å²) in [5.41, 5.74) is 1.46. The lowest BCUT2D eigenvalue weighted by Crippen LogP contribution is -2.69. The SMILES string of the molecule is CC(C)[Si](O[C@H](C)[C@H]1C(=O)N(CC(=O)OC(C)(C)C)[C@@H]1[C@@H](C)C(=S)c1ccc(Cl)cc1)(C(C)C)C(C)C. The van der Waals surface area contributed by atoms with Gasteiger partial charge in [0.1, 0.15) is 12.1 Å². The number of benzene rings is 1. The molecule has 37 heavy (non-hydrogen) atoms. The minimum atomic E-state index is -2.22. The lowest BCUT2D eigenvalue weighted by molar-refractivity contribution is -0.176. The van der Waals surface area contributed by atoms with Crippen LogP contribution in [0.2, 0.25) is 21.6 Å². The molecule has 4 atom stereocenters. The topological polar surface area (TPSA) is 55.8 Å². The van der Waals surface area contributed by atoms with Crippen molar-refractivity contribution in [2.45, 2.75) is 111 Å². The van der Waals surface area contributed by atoms with E-state index in [1.807, 2.05) is 58.9 Å². The zero-order valence-electron chi connectivity index (χ0n) is 24.4. The van der Waals surface area contributed by atoms with E-state index in [-0.39, 0.29) is 36.4 Å². The molecular formula is C29H46ClNO4SSi. The first-order valence-corrected chi connectivity index (χ1v) is 16.4. The van der Waals surface area contributed by atoms with Crippen LogP contribution in [-0.2, 0) is 18.8 Å². The van der Waals surface area contributed by atoms with Crippen molar-refractivity contribution in [2.75, 3.05) is 6.54 Å². The predicted molar refractivity (Wildman–Crippen MR) is 159 cm³/mol. The number of hydrogen-bond acceptors (Lipinski definition) is 5. The van der Waals surface area contributed by atoms with Crippen molar-refractivity contribution in [2.24, 2.45) is 11.8 Å². The van der Waals surface area contributed by atoms with Crippen LogP contribution in [0.3, 0.4) is 0 Å². The summed E-state index contributed by atoms with van der Waals surface area (Å²) >= 11 is 12.0. The molecule has 0 radical (unpaired) electrons. The number of esters is 1. The van der Waals surface area contributed by atoms with Gasteiger partial charge < -0.3 is 14.1 Å². The molecule has 8 heteroatoms. The van der Waals surface area contributed by atoms with E-state index in [0.29, 0.717) is 21.6 Å². The van der Waals surface area contributed by atoms with Crippen LogP contribution < -0.4 is 0 Å². The summed E-state index contributed by atoms with van der Waals surface area (Å²) in [5.74, 6) is -1.04. The van der Waals surface area contributed by atoms with Crippen LogP contribution in [-0.4, -0.2) is 54.2 Å².